The fourth-order valence-corrected chi connectivity index (χ4v) is 2.44. The maximum atomic E-state index is 11.9. The number of amides is 1. The highest BCUT2D eigenvalue weighted by atomic mass is 16.2. The van der Waals surface area contributed by atoms with Gasteiger partial charge in [0.1, 0.15) is 0 Å². The maximum absolute atomic E-state index is 11.9. The monoisotopic (exact) mass is 261 g/mol. The number of carbonyl (C=O) groups excluding carboxylic acids is 1. The Labute approximate surface area is 115 Å². The van der Waals surface area contributed by atoms with Crippen LogP contribution in [0.4, 0.5) is 5.69 Å². The van der Waals surface area contributed by atoms with Crippen LogP contribution in [0.5, 0.6) is 0 Å². The molecule has 1 saturated heterocycles. The van der Waals surface area contributed by atoms with Crippen molar-refractivity contribution in [1.29, 1.82) is 0 Å². The molecule has 0 saturated carbocycles. The third-order valence-electron chi connectivity index (χ3n) is 3.44. The smallest absolute Gasteiger partial charge is 0.238 e. The van der Waals surface area contributed by atoms with Gasteiger partial charge in [-0.2, -0.15) is 0 Å². The molecule has 2 N–H and O–H groups in total. The minimum absolute atomic E-state index is 0.0457. The molecular weight excluding hydrogens is 238 g/mol. The van der Waals surface area contributed by atoms with Crippen molar-refractivity contribution >= 4 is 11.6 Å². The predicted octanol–water partition coefficient (Wildman–Crippen LogP) is 1.62. The highest BCUT2D eigenvalue weighted by Crippen LogP contribution is 2.09. The van der Waals surface area contributed by atoms with Crippen molar-refractivity contribution in [2.45, 2.75) is 25.8 Å². The average molecular weight is 261 g/mol. The second kappa shape index (κ2) is 6.68. The number of nitrogens with one attached hydrogen (secondary N) is 2. The van der Waals surface area contributed by atoms with Crippen molar-refractivity contribution in [3.05, 3.63) is 29.8 Å². The molecule has 0 bridgehead atoms. The molecule has 1 atom stereocenters. The first kappa shape index (κ1) is 14.0. The summed E-state index contributed by atoms with van der Waals surface area (Å²) in [7, 11) is 1.99. The van der Waals surface area contributed by atoms with Gasteiger partial charge in [0.15, 0.2) is 0 Å². The van der Waals surface area contributed by atoms with E-state index in [1.807, 2.05) is 38.2 Å². The number of benzene rings is 1. The third kappa shape index (κ3) is 4.65. The molecule has 1 amide bonds. The molecule has 19 heavy (non-hydrogen) atoms. The van der Waals surface area contributed by atoms with E-state index in [0.29, 0.717) is 12.6 Å². The fraction of sp³-hybridized carbons (Fsp3) is 0.533. The van der Waals surface area contributed by atoms with Crippen LogP contribution >= 0.6 is 0 Å². The lowest BCUT2D eigenvalue weighted by Gasteiger charge is -2.20. The van der Waals surface area contributed by atoms with Gasteiger partial charge in [0.2, 0.25) is 5.91 Å². The van der Waals surface area contributed by atoms with E-state index in [-0.39, 0.29) is 5.91 Å². The summed E-state index contributed by atoms with van der Waals surface area (Å²) in [4.78, 5) is 14.0. The van der Waals surface area contributed by atoms with Gasteiger partial charge in [-0.1, -0.05) is 17.7 Å². The first-order chi connectivity index (χ1) is 9.13. The molecule has 1 fully saturated rings. The number of rotatable bonds is 5. The molecule has 2 rings (SSSR count). The molecular formula is C15H23N3O. The van der Waals surface area contributed by atoms with Gasteiger partial charge in [0.25, 0.3) is 0 Å². The molecule has 0 radical (unpaired) electrons. The van der Waals surface area contributed by atoms with Crippen LogP contribution in [0.25, 0.3) is 0 Å². The van der Waals surface area contributed by atoms with Gasteiger partial charge < -0.3 is 10.6 Å². The Morgan fingerprint density at radius 2 is 2.16 bits per heavy atom. The molecule has 1 aromatic carbocycles. The number of carbonyl (C=O) groups is 1. The minimum atomic E-state index is 0.0457. The Balaban J connectivity index is 1.75. The number of anilines is 1. The van der Waals surface area contributed by atoms with Crippen LogP contribution in [0.2, 0.25) is 0 Å². The molecule has 104 valence electrons. The van der Waals surface area contributed by atoms with Crippen LogP contribution < -0.4 is 10.6 Å². The maximum Gasteiger partial charge on any atom is 0.238 e. The van der Waals surface area contributed by atoms with Crippen molar-refractivity contribution in [2.24, 2.45) is 0 Å². The number of hydrogen-bond acceptors (Lipinski definition) is 3. The summed E-state index contributed by atoms with van der Waals surface area (Å²) in [6.07, 6.45) is 2.46. The van der Waals surface area contributed by atoms with E-state index in [4.69, 9.17) is 0 Å². The van der Waals surface area contributed by atoms with E-state index in [1.54, 1.807) is 0 Å². The van der Waals surface area contributed by atoms with Gasteiger partial charge in [0, 0.05) is 18.3 Å². The Morgan fingerprint density at radius 1 is 1.42 bits per heavy atom. The van der Waals surface area contributed by atoms with Crippen molar-refractivity contribution < 1.29 is 4.79 Å². The molecule has 0 spiro atoms. The van der Waals surface area contributed by atoms with Gasteiger partial charge in [0.05, 0.1) is 6.54 Å². The predicted molar refractivity (Wildman–Crippen MR) is 78.3 cm³/mol. The van der Waals surface area contributed by atoms with Crippen molar-refractivity contribution in [1.82, 2.24) is 10.2 Å². The first-order valence-corrected chi connectivity index (χ1v) is 6.92. The highest BCUT2D eigenvalue weighted by molar-refractivity contribution is 5.92. The number of nitrogens with zero attached hydrogens (tertiary/aromatic N) is 1. The van der Waals surface area contributed by atoms with Gasteiger partial charge in [-0.05, 0) is 45.5 Å². The standard InChI is InChI=1S/C15H23N3O/c1-12-5-7-13(8-6-12)17-15(19)11-18(2)10-14-4-3-9-16-14/h5-8,14,16H,3-4,9-11H2,1-2H3,(H,17,19). The summed E-state index contributed by atoms with van der Waals surface area (Å²) in [6, 6.07) is 8.42. The second-order valence-corrected chi connectivity index (χ2v) is 5.40. The van der Waals surface area contributed by atoms with E-state index in [9.17, 15) is 4.79 Å². The fourth-order valence-electron chi connectivity index (χ4n) is 2.44. The topological polar surface area (TPSA) is 44.4 Å². The number of likely N-dealkylation sites (N-methyl/N-ethyl adjacent to an activating group) is 1. The lowest BCUT2D eigenvalue weighted by molar-refractivity contribution is -0.117. The van der Waals surface area contributed by atoms with Crippen LogP contribution in [0, 0.1) is 6.92 Å². The molecule has 1 aromatic rings. The summed E-state index contributed by atoms with van der Waals surface area (Å²) < 4.78 is 0. The van der Waals surface area contributed by atoms with E-state index < -0.39 is 0 Å². The van der Waals surface area contributed by atoms with Crippen LogP contribution in [-0.4, -0.2) is 43.5 Å². The zero-order valence-electron chi connectivity index (χ0n) is 11.8. The van der Waals surface area contributed by atoms with Crippen LogP contribution in [0.3, 0.4) is 0 Å². The summed E-state index contributed by atoms with van der Waals surface area (Å²) >= 11 is 0. The van der Waals surface area contributed by atoms with Crippen molar-refractivity contribution in [3.63, 3.8) is 0 Å². The van der Waals surface area contributed by atoms with Crippen molar-refractivity contribution in [3.8, 4) is 0 Å². The summed E-state index contributed by atoms with van der Waals surface area (Å²) in [5.74, 6) is 0.0457. The normalized spacial score (nSPS) is 18.8. The molecule has 4 heteroatoms. The van der Waals surface area contributed by atoms with E-state index >= 15 is 0 Å². The van der Waals surface area contributed by atoms with Gasteiger partial charge in [-0.3, -0.25) is 9.69 Å². The first-order valence-electron chi connectivity index (χ1n) is 6.92. The Kier molecular flexibility index (Phi) is 4.93. The zero-order chi connectivity index (χ0) is 13.7. The lowest BCUT2D eigenvalue weighted by Crippen LogP contribution is -2.39. The van der Waals surface area contributed by atoms with Crippen LogP contribution in [-0.2, 0) is 4.79 Å². The molecule has 1 heterocycles. The van der Waals surface area contributed by atoms with Gasteiger partial charge >= 0.3 is 0 Å². The Bertz CT molecular complexity index is 410. The zero-order valence-corrected chi connectivity index (χ0v) is 11.8. The largest absolute Gasteiger partial charge is 0.325 e. The van der Waals surface area contributed by atoms with Crippen LogP contribution in [0.15, 0.2) is 24.3 Å². The van der Waals surface area contributed by atoms with E-state index in [2.05, 4.69) is 15.5 Å². The molecule has 1 unspecified atom stereocenters. The second-order valence-electron chi connectivity index (χ2n) is 5.40. The minimum Gasteiger partial charge on any atom is -0.325 e. The lowest BCUT2D eigenvalue weighted by atomic mass is 10.2. The summed E-state index contributed by atoms with van der Waals surface area (Å²) in [6.45, 7) is 4.51. The SMILES string of the molecule is Cc1ccc(NC(=O)CN(C)CC2CCCN2)cc1. The quantitative estimate of drug-likeness (QED) is 0.846. The Morgan fingerprint density at radius 3 is 2.79 bits per heavy atom. The Hall–Kier alpha value is -1.39. The molecule has 4 nitrogen and oxygen atoms in total. The van der Waals surface area contributed by atoms with E-state index in [0.717, 1.165) is 18.8 Å². The summed E-state index contributed by atoms with van der Waals surface area (Å²) in [5, 5.41) is 6.37. The van der Waals surface area contributed by atoms with Crippen molar-refractivity contribution in [2.75, 3.05) is 32.0 Å². The van der Waals surface area contributed by atoms with Crippen LogP contribution in [0.1, 0.15) is 18.4 Å². The molecule has 0 aliphatic carbocycles. The van der Waals surface area contributed by atoms with Gasteiger partial charge in [-0.15, -0.1) is 0 Å². The third-order valence-corrected chi connectivity index (χ3v) is 3.44. The highest BCUT2D eigenvalue weighted by Gasteiger charge is 2.17. The van der Waals surface area contributed by atoms with Gasteiger partial charge in [-0.25, -0.2) is 0 Å². The average Bonchev–Trinajstić information content (AvgIpc) is 2.84. The van der Waals surface area contributed by atoms with E-state index in [1.165, 1.54) is 18.4 Å². The molecule has 1 aliphatic heterocycles. The molecule has 0 aromatic heterocycles. The number of aryl methyl sites for hydroxylation is 1. The number of hydrogen-bond donors (Lipinski definition) is 2. The summed E-state index contributed by atoms with van der Waals surface area (Å²) in [5.41, 5.74) is 2.06. The molecule has 1 aliphatic rings.